The van der Waals surface area contributed by atoms with Crippen LogP contribution in [0.15, 0.2) is 11.6 Å². The quantitative estimate of drug-likeness (QED) is 0.609. The molecule has 0 spiro atoms. The molecule has 3 nitrogen and oxygen atoms in total. The number of nitrogens with one attached hydrogen (secondary N) is 1. The Balaban J connectivity index is 0. The molecule has 0 aliphatic rings. The van der Waals surface area contributed by atoms with Crippen LogP contribution in [0.4, 0.5) is 0 Å². The summed E-state index contributed by atoms with van der Waals surface area (Å²) in [5.41, 5.74) is 0.824. The van der Waals surface area contributed by atoms with Crippen LogP contribution in [-0.2, 0) is 4.79 Å². The van der Waals surface area contributed by atoms with E-state index in [0.717, 1.165) is 5.57 Å². The fourth-order valence-electron chi connectivity index (χ4n) is 0.541. The maximum Gasteiger partial charge on any atom is 0.328 e. The lowest BCUT2D eigenvalue weighted by Gasteiger charge is -1.94. The van der Waals surface area contributed by atoms with E-state index in [9.17, 15) is 4.79 Å². The van der Waals surface area contributed by atoms with Crippen molar-refractivity contribution in [1.29, 1.82) is 0 Å². The number of carboxylic acids is 1. The Labute approximate surface area is 68.1 Å². The van der Waals surface area contributed by atoms with Crippen molar-refractivity contribution in [2.24, 2.45) is 0 Å². The number of carboxylic acid groups (broad SMARTS) is 1. The Hall–Kier alpha value is -0.830. The second-order valence-electron chi connectivity index (χ2n) is 1.86. The third-order valence-electron chi connectivity index (χ3n) is 0.825. The summed E-state index contributed by atoms with van der Waals surface area (Å²) in [6, 6.07) is 0. The first kappa shape index (κ1) is 12.8. The van der Waals surface area contributed by atoms with Crippen LogP contribution in [-0.4, -0.2) is 24.7 Å². The predicted octanol–water partition coefficient (Wildman–Crippen LogP) is 1.26. The van der Waals surface area contributed by atoms with Crippen LogP contribution in [0.3, 0.4) is 0 Å². The van der Waals surface area contributed by atoms with E-state index in [2.05, 4.69) is 5.32 Å². The SMILES string of the molecule is CC.CNC/C(C)=C\C(=O)O. The van der Waals surface area contributed by atoms with Gasteiger partial charge in [-0.15, -0.1) is 0 Å². The van der Waals surface area contributed by atoms with Crippen molar-refractivity contribution in [2.45, 2.75) is 20.8 Å². The monoisotopic (exact) mass is 159 g/mol. The molecular formula is C8H17NO2. The van der Waals surface area contributed by atoms with Crippen molar-refractivity contribution >= 4 is 5.97 Å². The lowest BCUT2D eigenvalue weighted by Crippen LogP contribution is -2.09. The molecule has 0 atom stereocenters. The molecule has 0 aromatic heterocycles. The molecule has 0 fully saturated rings. The summed E-state index contributed by atoms with van der Waals surface area (Å²) in [7, 11) is 1.78. The normalized spacial score (nSPS) is 10.0. The minimum absolute atomic E-state index is 0.631. The van der Waals surface area contributed by atoms with Crippen LogP contribution >= 0.6 is 0 Å². The Kier molecular flexibility index (Phi) is 10.7. The molecule has 2 N–H and O–H groups in total. The van der Waals surface area contributed by atoms with Gasteiger partial charge in [0.25, 0.3) is 0 Å². The van der Waals surface area contributed by atoms with Gasteiger partial charge in [-0.3, -0.25) is 0 Å². The zero-order valence-electron chi connectivity index (χ0n) is 7.64. The maximum atomic E-state index is 9.98. The molecule has 66 valence electrons. The number of hydrogen-bond donors (Lipinski definition) is 2. The van der Waals surface area contributed by atoms with E-state index in [1.807, 2.05) is 13.8 Å². The van der Waals surface area contributed by atoms with Gasteiger partial charge in [0.15, 0.2) is 0 Å². The van der Waals surface area contributed by atoms with Gasteiger partial charge in [-0.05, 0) is 14.0 Å². The topological polar surface area (TPSA) is 49.3 Å². The molecular weight excluding hydrogens is 142 g/mol. The first-order valence-corrected chi connectivity index (χ1v) is 3.71. The van der Waals surface area contributed by atoms with Crippen LogP contribution < -0.4 is 5.32 Å². The minimum Gasteiger partial charge on any atom is -0.478 e. The number of carbonyl (C=O) groups is 1. The van der Waals surface area contributed by atoms with Crippen LogP contribution in [0.1, 0.15) is 20.8 Å². The molecule has 0 saturated carbocycles. The van der Waals surface area contributed by atoms with Crippen LogP contribution in [0.5, 0.6) is 0 Å². The van der Waals surface area contributed by atoms with Gasteiger partial charge < -0.3 is 10.4 Å². The van der Waals surface area contributed by atoms with Crippen molar-refractivity contribution in [3.8, 4) is 0 Å². The molecule has 0 heterocycles. The highest BCUT2D eigenvalue weighted by Gasteiger charge is 1.90. The van der Waals surface area contributed by atoms with E-state index in [1.165, 1.54) is 6.08 Å². The summed E-state index contributed by atoms with van der Waals surface area (Å²) in [6.07, 6.45) is 1.19. The van der Waals surface area contributed by atoms with Crippen molar-refractivity contribution < 1.29 is 9.90 Å². The van der Waals surface area contributed by atoms with E-state index in [-0.39, 0.29) is 0 Å². The third kappa shape index (κ3) is 12.4. The van der Waals surface area contributed by atoms with Gasteiger partial charge in [-0.25, -0.2) is 4.79 Å². The van der Waals surface area contributed by atoms with E-state index < -0.39 is 5.97 Å². The number of likely N-dealkylation sites (N-methyl/N-ethyl adjacent to an activating group) is 1. The molecule has 11 heavy (non-hydrogen) atoms. The van der Waals surface area contributed by atoms with Gasteiger partial charge in [0.1, 0.15) is 0 Å². The average Bonchev–Trinajstić information content (AvgIpc) is 1.91. The van der Waals surface area contributed by atoms with Gasteiger partial charge in [-0.1, -0.05) is 19.4 Å². The predicted molar refractivity (Wildman–Crippen MR) is 46.7 cm³/mol. The highest BCUT2D eigenvalue weighted by Crippen LogP contribution is 1.87. The highest BCUT2D eigenvalue weighted by atomic mass is 16.4. The van der Waals surface area contributed by atoms with E-state index >= 15 is 0 Å². The lowest BCUT2D eigenvalue weighted by atomic mass is 10.3. The van der Waals surface area contributed by atoms with E-state index in [0.29, 0.717) is 6.54 Å². The summed E-state index contributed by atoms with van der Waals surface area (Å²) in [4.78, 5) is 9.98. The second kappa shape index (κ2) is 9.17. The summed E-state index contributed by atoms with van der Waals surface area (Å²) >= 11 is 0. The Morgan fingerprint density at radius 3 is 2.27 bits per heavy atom. The molecule has 0 aromatic carbocycles. The molecule has 3 heteroatoms. The van der Waals surface area contributed by atoms with Crippen LogP contribution in [0, 0.1) is 0 Å². The van der Waals surface area contributed by atoms with Crippen LogP contribution in [0.2, 0.25) is 0 Å². The van der Waals surface area contributed by atoms with Gasteiger partial charge in [0, 0.05) is 12.6 Å². The fraction of sp³-hybridized carbons (Fsp3) is 0.625. The molecule has 0 aromatic rings. The smallest absolute Gasteiger partial charge is 0.328 e. The maximum absolute atomic E-state index is 9.98. The molecule has 0 radical (unpaired) electrons. The Morgan fingerprint density at radius 1 is 1.55 bits per heavy atom. The molecule has 0 aliphatic heterocycles. The van der Waals surface area contributed by atoms with E-state index in [4.69, 9.17) is 5.11 Å². The number of hydrogen-bond acceptors (Lipinski definition) is 2. The van der Waals surface area contributed by atoms with Crippen molar-refractivity contribution in [1.82, 2.24) is 5.32 Å². The largest absolute Gasteiger partial charge is 0.478 e. The molecule has 0 unspecified atom stereocenters. The van der Waals surface area contributed by atoms with Gasteiger partial charge >= 0.3 is 5.97 Å². The molecule has 0 amide bonds. The minimum atomic E-state index is -0.886. The van der Waals surface area contributed by atoms with Crippen molar-refractivity contribution in [3.63, 3.8) is 0 Å². The Bertz CT molecular complexity index is 130. The third-order valence-corrected chi connectivity index (χ3v) is 0.825. The van der Waals surface area contributed by atoms with Crippen LogP contribution in [0.25, 0.3) is 0 Å². The zero-order valence-corrected chi connectivity index (χ0v) is 7.64. The Morgan fingerprint density at radius 2 is 2.00 bits per heavy atom. The fourth-order valence-corrected chi connectivity index (χ4v) is 0.541. The first-order chi connectivity index (χ1) is 5.16. The summed E-state index contributed by atoms with van der Waals surface area (Å²) < 4.78 is 0. The standard InChI is InChI=1S/C6H11NO2.C2H6/c1-5(4-7-2)3-6(8)9;1-2/h3,7H,4H2,1-2H3,(H,8,9);1-2H3/b5-3-;. The second-order valence-corrected chi connectivity index (χ2v) is 1.86. The number of rotatable bonds is 3. The van der Waals surface area contributed by atoms with Crippen molar-refractivity contribution in [2.75, 3.05) is 13.6 Å². The first-order valence-electron chi connectivity index (χ1n) is 3.71. The summed E-state index contributed by atoms with van der Waals surface area (Å²) in [6.45, 7) is 6.40. The molecule has 0 rings (SSSR count). The number of aliphatic carboxylic acids is 1. The average molecular weight is 159 g/mol. The van der Waals surface area contributed by atoms with Gasteiger partial charge in [0.2, 0.25) is 0 Å². The van der Waals surface area contributed by atoms with Gasteiger partial charge in [0.05, 0.1) is 0 Å². The van der Waals surface area contributed by atoms with E-state index in [1.54, 1.807) is 14.0 Å². The van der Waals surface area contributed by atoms with Gasteiger partial charge in [-0.2, -0.15) is 0 Å². The highest BCUT2D eigenvalue weighted by molar-refractivity contribution is 5.80. The summed E-state index contributed by atoms with van der Waals surface area (Å²) in [5.74, 6) is -0.886. The molecule has 0 bridgehead atoms. The zero-order chi connectivity index (χ0) is 9.28. The lowest BCUT2D eigenvalue weighted by molar-refractivity contribution is -0.131. The van der Waals surface area contributed by atoms with Crippen molar-refractivity contribution in [3.05, 3.63) is 11.6 Å². The molecule has 0 aliphatic carbocycles. The molecule has 0 saturated heterocycles. The summed E-state index contributed by atoms with van der Waals surface area (Å²) in [5, 5.41) is 11.0.